The molecule has 1 aliphatic rings. The minimum Gasteiger partial charge on any atom is -0.341 e. The lowest BCUT2D eigenvalue weighted by atomic mass is 9.89. The van der Waals surface area contributed by atoms with Crippen LogP contribution in [0.3, 0.4) is 0 Å². The van der Waals surface area contributed by atoms with Gasteiger partial charge in [0, 0.05) is 31.4 Å². The maximum Gasteiger partial charge on any atom is 0.232 e. The van der Waals surface area contributed by atoms with Crippen LogP contribution in [0, 0.1) is 12.7 Å². The molecule has 8 heteroatoms. The maximum absolute atomic E-state index is 13.2. The predicted octanol–water partition coefficient (Wildman–Crippen LogP) is 4.41. The van der Waals surface area contributed by atoms with Gasteiger partial charge in [0.25, 0.3) is 0 Å². The highest BCUT2D eigenvalue weighted by molar-refractivity contribution is 5.90. The molecule has 1 saturated heterocycles. The molecule has 7 nitrogen and oxygen atoms in total. The summed E-state index contributed by atoms with van der Waals surface area (Å²) in [5.41, 5.74) is 3.64. The first-order chi connectivity index (χ1) is 15.0. The van der Waals surface area contributed by atoms with Crippen LogP contribution in [0.25, 0.3) is 0 Å². The third-order valence-electron chi connectivity index (χ3n) is 5.57. The first-order valence-electron chi connectivity index (χ1n) is 10.3. The zero-order valence-electron chi connectivity index (χ0n) is 17.6. The van der Waals surface area contributed by atoms with Crippen LogP contribution >= 0.6 is 0 Å². The maximum atomic E-state index is 13.2. The standard InChI is InChI=1S/C23H25FN6O/c1-15-20(27-16(2)31)4-3-5-21(15)28-22-25-14-26-23(29-22)30-12-10-18(11-13-30)17-6-8-19(24)9-7-17/h3-9,14,18H,10-13H2,1-2H3,(H,27,31)(H,25,26,28,29). The Labute approximate surface area is 180 Å². The number of amides is 1. The van der Waals surface area contributed by atoms with Crippen LogP contribution in [-0.2, 0) is 4.79 Å². The monoisotopic (exact) mass is 420 g/mol. The van der Waals surface area contributed by atoms with Gasteiger partial charge in [0.15, 0.2) is 0 Å². The lowest BCUT2D eigenvalue weighted by Gasteiger charge is -2.32. The average Bonchev–Trinajstić information content (AvgIpc) is 2.77. The molecule has 2 heterocycles. The molecule has 1 aliphatic heterocycles. The number of carbonyl (C=O) groups is 1. The van der Waals surface area contributed by atoms with Gasteiger partial charge in [-0.05, 0) is 61.1 Å². The van der Waals surface area contributed by atoms with Gasteiger partial charge in [0.05, 0.1) is 0 Å². The van der Waals surface area contributed by atoms with E-state index in [4.69, 9.17) is 0 Å². The second kappa shape index (κ2) is 9.07. The number of aromatic nitrogens is 3. The summed E-state index contributed by atoms with van der Waals surface area (Å²) in [5.74, 6) is 1.17. The SMILES string of the molecule is CC(=O)Nc1cccc(Nc2ncnc(N3CCC(c4ccc(F)cc4)CC3)n2)c1C. The lowest BCUT2D eigenvalue weighted by Crippen LogP contribution is -2.34. The molecule has 0 saturated carbocycles. The molecule has 0 radical (unpaired) electrons. The van der Waals surface area contributed by atoms with E-state index in [1.54, 1.807) is 0 Å². The molecule has 2 N–H and O–H groups in total. The number of benzene rings is 2. The molecule has 31 heavy (non-hydrogen) atoms. The van der Waals surface area contributed by atoms with Crippen molar-refractivity contribution in [1.29, 1.82) is 0 Å². The first kappa shape index (κ1) is 20.7. The summed E-state index contributed by atoms with van der Waals surface area (Å²) in [6.07, 6.45) is 3.42. The molecule has 3 aromatic rings. The van der Waals surface area contributed by atoms with Crippen molar-refractivity contribution in [3.63, 3.8) is 0 Å². The Balaban J connectivity index is 1.44. The molecular formula is C23H25FN6O. The molecule has 0 bridgehead atoms. The van der Waals surface area contributed by atoms with Crippen LogP contribution in [0.2, 0.25) is 0 Å². The number of nitrogens with zero attached hydrogens (tertiary/aromatic N) is 4. The van der Waals surface area contributed by atoms with Crippen molar-refractivity contribution in [3.8, 4) is 0 Å². The number of hydrogen-bond acceptors (Lipinski definition) is 6. The first-order valence-corrected chi connectivity index (χ1v) is 10.3. The number of halogens is 1. The number of anilines is 4. The van der Waals surface area contributed by atoms with Gasteiger partial charge in [-0.25, -0.2) is 14.4 Å². The largest absolute Gasteiger partial charge is 0.341 e. The van der Waals surface area contributed by atoms with Gasteiger partial charge >= 0.3 is 0 Å². The highest BCUT2D eigenvalue weighted by Crippen LogP contribution is 2.30. The van der Waals surface area contributed by atoms with Gasteiger partial charge in [0.1, 0.15) is 12.1 Å². The quantitative estimate of drug-likeness (QED) is 0.636. The number of hydrogen-bond donors (Lipinski definition) is 2. The lowest BCUT2D eigenvalue weighted by molar-refractivity contribution is -0.114. The van der Waals surface area contributed by atoms with E-state index < -0.39 is 0 Å². The molecule has 1 aromatic heterocycles. The van der Waals surface area contributed by atoms with Crippen molar-refractivity contribution >= 4 is 29.2 Å². The molecule has 0 atom stereocenters. The van der Waals surface area contributed by atoms with Gasteiger partial charge in [-0.2, -0.15) is 4.98 Å². The average molecular weight is 420 g/mol. The van der Waals surface area contributed by atoms with E-state index in [1.807, 2.05) is 37.3 Å². The minimum atomic E-state index is -0.204. The fraction of sp³-hybridized carbons (Fsp3) is 0.304. The van der Waals surface area contributed by atoms with Gasteiger partial charge in [-0.15, -0.1) is 0 Å². The Morgan fingerprint density at radius 1 is 1.06 bits per heavy atom. The summed E-state index contributed by atoms with van der Waals surface area (Å²) >= 11 is 0. The normalized spacial score (nSPS) is 14.4. The zero-order chi connectivity index (χ0) is 21.8. The number of carbonyl (C=O) groups excluding carboxylic acids is 1. The van der Waals surface area contributed by atoms with E-state index in [-0.39, 0.29) is 11.7 Å². The zero-order valence-corrected chi connectivity index (χ0v) is 17.6. The van der Waals surface area contributed by atoms with Crippen molar-refractivity contribution in [2.75, 3.05) is 28.6 Å². The predicted molar refractivity (Wildman–Crippen MR) is 119 cm³/mol. The molecule has 2 aromatic carbocycles. The molecular weight excluding hydrogens is 395 g/mol. The smallest absolute Gasteiger partial charge is 0.232 e. The summed E-state index contributed by atoms with van der Waals surface area (Å²) in [6.45, 7) is 5.05. The van der Waals surface area contributed by atoms with Gasteiger partial charge < -0.3 is 15.5 Å². The van der Waals surface area contributed by atoms with Crippen molar-refractivity contribution < 1.29 is 9.18 Å². The summed E-state index contributed by atoms with van der Waals surface area (Å²) in [6, 6.07) is 12.4. The Morgan fingerprint density at radius 2 is 1.77 bits per heavy atom. The van der Waals surface area contributed by atoms with Crippen LogP contribution < -0.4 is 15.5 Å². The second-order valence-electron chi connectivity index (χ2n) is 7.71. The summed E-state index contributed by atoms with van der Waals surface area (Å²) < 4.78 is 13.2. The summed E-state index contributed by atoms with van der Waals surface area (Å²) in [4.78, 5) is 26.7. The third-order valence-corrected chi connectivity index (χ3v) is 5.57. The van der Waals surface area contributed by atoms with Crippen LogP contribution in [0.15, 0.2) is 48.8 Å². The van der Waals surface area contributed by atoms with Crippen LogP contribution in [-0.4, -0.2) is 33.9 Å². The summed E-state index contributed by atoms with van der Waals surface area (Å²) in [7, 11) is 0. The van der Waals surface area contributed by atoms with Gasteiger partial charge in [0.2, 0.25) is 17.8 Å². The van der Waals surface area contributed by atoms with E-state index >= 15 is 0 Å². The third kappa shape index (κ3) is 4.96. The molecule has 4 rings (SSSR count). The fourth-order valence-electron chi connectivity index (χ4n) is 3.86. The van der Waals surface area contributed by atoms with Crippen molar-refractivity contribution in [1.82, 2.24) is 15.0 Å². The number of piperidine rings is 1. The van der Waals surface area contributed by atoms with Crippen molar-refractivity contribution in [2.45, 2.75) is 32.6 Å². The molecule has 1 fully saturated rings. The number of nitrogens with one attached hydrogen (secondary N) is 2. The molecule has 0 spiro atoms. The van der Waals surface area contributed by atoms with Crippen molar-refractivity contribution in [2.24, 2.45) is 0 Å². The molecule has 0 aliphatic carbocycles. The number of rotatable bonds is 5. The highest BCUT2D eigenvalue weighted by atomic mass is 19.1. The van der Waals surface area contributed by atoms with E-state index in [1.165, 1.54) is 30.9 Å². The van der Waals surface area contributed by atoms with Crippen LogP contribution in [0.1, 0.15) is 36.8 Å². The molecule has 0 unspecified atom stereocenters. The van der Waals surface area contributed by atoms with E-state index in [2.05, 4.69) is 30.5 Å². The Morgan fingerprint density at radius 3 is 2.48 bits per heavy atom. The highest BCUT2D eigenvalue weighted by Gasteiger charge is 2.22. The minimum absolute atomic E-state index is 0.119. The van der Waals surface area contributed by atoms with Gasteiger partial charge in [-0.3, -0.25) is 4.79 Å². The fourth-order valence-corrected chi connectivity index (χ4v) is 3.86. The Hall–Kier alpha value is -3.55. The second-order valence-corrected chi connectivity index (χ2v) is 7.71. The Kier molecular flexibility index (Phi) is 6.06. The van der Waals surface area contributed by atoms with Crippen molar-refractivity contribution in [3.05, 3.63) is 65.7 Å². The van der Waals surface area contributed by atoms with E-state index in [0.717, 1.165) is 42.9 Å². The topological polar surface area (TPSA) is 83.0 Å². The van der Waals surface area contributed by atoms with Crippen LogP contribution in [0.5, 0.6) is 0 Å². The molecule has 1 amide bonds. The van der Waals surface area contributed by atoms with E-state index in [0.29, 0.717) is 17.8 Å². The molecule has 160 valence electrons. The van der Waals surface area contributed by atoms with Crippen LogP contribution in [0.4, 0.5) is 27.7 Å². The summed E-state index contributed by atoms with van der Waals surface area (Å²) in [5, 5.41) is 6.05. The Bertz CT molecular complexity index is 1060. The van der Waals surface area contributed by atoms with Gasteiger partial charge in [-0.1, -0.05) is 18.2 Å². The van der Waals surface area contributed by atoms with E-state index in [9.17, 15) is 9.18 Å².